The van der Waals surface area contributed by atoms with Crippen molar-refractivity contribution in [2.24, 2.45) is 11.8 Å². The van der Waals surface area contributed by atoms with Crippen molar-refractivity contribution in [2.75, 3.05) is 12.3 Å². The van der Waals surface area contributed by atoms with Gasteiger partial charge in [0.25, 0.3) is 0 Å². The molecule has 7 atom stereocenters. The summed E-state index contributed by atoms with van der Waals surface area (Å²) in [5, 5.41) is 20.5. The number of phosphoric acid groups is 3. The number of aliphatic hydroxyl groups excluding tert-OH is 1. The number of hydrogen-bond acceptors (Lipinski definition) is 11. The number of rotatable bonds is 8. The van der Waals surface area contributed by atoms with Gasteiger partial charge < -0.3 is 35.5 Å². The van der Waals surface area contributed by atoms with Gasteiger partial charge in [0.05, 0.1) is 12.6 Å². The summed E-state index contributed by atoms with van der Waals surface area (Å²) in [7, 11) is -16.6. The van der Waals surface area contributed by atoms with Crippen molar-refractivity contribution in [1.82, 2.24) is 9.55 Å². The molecule has 2 saturated carbocycles. The lowest BCUT2D eigenvalue weighted by Crippen LogP contribution is -2.52. The van der Waals surface area contributed by atoms with E-state index in [0.717, 1.165) is 4.57 Å². The number of nitrogens with two attached hydrogens (primary N) is 1. The smallest absolute Gasteiger partial charge is 0.388 e. The zero-order valence-corrected chi connectivity index (χ0v) is 16.7. The topological polar surface area (TPSA) is 261 Å². The normalized spacial score (nSPS) is 35.1. The van der Waals surface area contributed by atoms with Crippen molar-refractivity contribution in [3.05, 3.63) is 22.7 Å². The van der Waals surface area contributed by atoms with Crippen LogP contribution in [0.5, 0.6) is 0 Å². The van der Waals surface area contributed by atoms with Crippen LogP contribution in [0.4, 0.5) is 5.82 Å². The van der Waals surface area contributed by atoms with E-state index in [2.05, 4.69) is 18.1 Å². The lowest BCUT2D eigenvalue weighted by Gasteiger charge is -2.37. The zero-order chi connectivity index (χ0) is 22.0. The largest absolute Gasteiger partial charge is 0.490 e. The second-order valence-electron chi connectivity index (χ2n) is 6.38. The monoisotopic (exact) mass is 479 g/mol. The van der Waals surface area contributed by atoms with E-state index in [1.165, 1.54) is 12.3 Å². The number of phosphoric ester groups is 1. The molecule has 0 aromatic carbocycles. The molecule has 0 radical (unpaired) electrons. The molecule has 0 spiro atoms. The zero-order valence-electron chi connectivity index (χ0n) is 14.0. The molecule has 2 aliphatic carbocycles. The lowest BCUT2D eigenvalue weighted by molar-refractivity contribution is -0.111. The molecule has 2 aliphatic rings. The maximum atomic E-state index is 11.9. The van der Waals surface area contributed by atoms with Crippen LogP contribution in [-0.4, -0.2) is 57.6 Å². The van der Waals surface area contributed by atoms with Gasteiger partial charge in [0.15, 0.2) is 0 Å². The second-order valence-corrected chi connectivity index (χ2v) is 10.8. The summed E-state index contributed by atoms with van der Waals surface area (Å²) in [5.41, 5.74) is 2.82. The molecule has 8 N–H and O–H groups in total. The average molecular weight is 479 g/mol. The van der Waals surface area contributed by atoms with Crippen molar-refractivity contribution in [3.63, 3.8) is 0 Å². The van der Waals surface area contributed by atoms with Crippen LogP contribution in [0.3, 0.4) is 0 Å². The van der Waals surface area contributed by atoms with E-state index in [1.807, 2.05) is 0 Å². The van der Waals surface area contributed by atoms with Gasteiger partial charge in [-0.1, -0.05) is 0 Å². The van der Waals surface area contributed by atoms with E-state index in [9.17, 15) is 33.6 Å². The number of hydrogen-bond donors (Lipinski definition) is 7. The Kier molecular flexibility index (Phi) is 5.49. The molecule has 164 valence electrons. The summed E-state index contributed by atoms with van der Waals surface area (Å²) in [4.78, 5) is 50.8. The highest BCUT2D eigenvalue weighted by Gasteiger charge is 2.82. The second kappa shape index (κ2) is 7.02. The van der Waals surface area contributed by atoms with Gasteiger partial charge >= 0.3 is 29.2 Å². The number of aliphatic hydroxyl groups is 2. The minimum Gasteiger partial charge on any atom is -0.388 e. The Morgan fingerprint density at radius 3 is 2.34 bits per heavy atom. The van der Waals surface area contributed by atoms with Crippen molar-refractivity contribution >= 4 is 29.3 Å². The highest BCUT2D eigenvalue weighted by atomic mass is 31.3. The number of fused-ring (bicyclic) bond motifs is 1. The third-order valence-electron chi connectivity index (χ3n) is 4.62. The van der Waals surface area contributed by atoms with Gasteiger partial charge in [0.2, 0.25) is 0 Å². The summed E-state index contributed by atoms with van der Waals surface area (Å²) in [6, 6.07) is 0.352. The van der Waals surface area contributed by atoms with Crippen LogP contribution in [0.2, 0.25) is 0 Å². The van der Waals surface area contributed by atoms with E-state index < -0.39 is 65.3 Å². The summed E-state index contributed by atoms with van der Waals surface area (Å²) < 4.78 is 46.2. The predicted molar refractivity (Wildman–Crippen MR) is 89.7 cm³/mol. The average Bonchev–Trinajstić information content (AvgIpc) is 3.04. The summed E-state index contributed by atoms with van der Waals surface area (Å²) in [6.45, 7) is -0.768. The van der Waals surface area contributed by atoms with E-state index in [1.54, 1.807) is 0 Å². The fraction of sp³-hybridized carbons (Fsp3) is 0.600. The quantitative estimate of drug-likeness (QED) is 0.200. The van der Waals surface area contributed by atoms with Crippen LogP contribution >= 0.6 is 23.5 Å². The number of anilines is 1. The highest BCUT2D eigenvalue weighted by Crippen LogP contribution is 2.71. The number of nitrogen functional groups attached to an aromatic ring is 1. The molecule has 0 bridgehead atoms. The molecule has 1 aromatic heterocycles. The molecule has 16 nitrogen and oxygen atoms in total. The van der Waals surface area contributed by atoms with Crippen LogP contribution in [0.25, 0.3) is 0 Å². The third-order valence-corrected chi connectivity index (χ3v) is 8.43. The number of aromatic nitrogens is 2. The van der Waals surface area contributed by atoms with Crippen molar-refractivity contribution in [3.8, 4) is 0 Å². The van der Waals surface area contributed by atoms with Gasteiger partial charge in [-0.2, -0.15) is 13.6 Å². The van der Waals surface area contributed by atoms with Crippen LogP contribution in [0.15, 0.2) is 17.1 Å². The standard InChI is InChI=1S/C10H16N3O13P3/c11-5-1-2-13(9(15)12-5)7-6-4(10(6,16)8(7)14)3-24-28(20,21)26-29(22,23)25-27(17,18)19/h1-2,4,6-8,14,16H,3H2,(H,20,21)(H,22,23)(H2,11,12,15)(H2,17,18,19)/t4-,6?,7+,8?,10+/m0/s1. The first kappa shape index (κ1) is 22.7. The van der Waals surface area contributed by atoms with E-state index in [0.29, 0.717) is 0 Å². The molecule has 29 heavy (non-hydrogen) atoms. The molecule has 4 unspecified atom stereocenters. The van der Waals surface area contributed by atoms with Gasteiger partial charge in [-0.15, -0.1) is 0 Å². The Morgan fingerprint density at radius 1 is 1.17 bits per heavy atom. The Bertz CT molecular complexity index is 1020. The number of nitrogens with zero attached hydrogens (tertiary/aromatic N) is 2. The lowest BCUT2D eigenvalue weighted by atomic mass is 9.85. The molecule has 1 aromatic rings. The fourth-order valence-corrected chi connectivity index (χ4v) is 6.51. The SMILES string of the molecule is Nc1ccn([C@H]2C(O)[C@]3(O)C2[C@@H]3COP(=O)(O)OP(=O)(O)OP(=O)(O)O)c(=O)n1. The van der Waals surface area contributed by atoms with Crippen molar-refractivity contribution in [2.45, 2.75) is 17.7 Å². The minimum absolute atomic E-state index is 0.0599. The fourth-order valence-electron chi connectivity index (χ4n) is 3.47. The summed E-state index contributed by atoms with van der Waals surface area (Å²) in [5.74, 6) is -1.82. The van der Waals surface area contributed by atoms with Crippen molar-refractivity contribution < 1.29 is 56.6 Å². The molecule has 19 heteroatoms. The van der Waals surface area contributed by atoms with E-state index in [-0.39, 0.29) is 5.82 Å². The van der Waals surface area contributed by atoms with E-state index in [4.69, 9.17) is 20.4 Å². The predicted octanol–water partition coefficient (Wildman–Crippen LogP) is -1.94. The summed E-state index contributed by atoms with van der Waals surface area (Å²) in [6.07, 6.45) is -0.208. The molecular formula is C10H16N3O13P3. The first-order valence-corrected chi connectivity index (χ1v) is 12.1. The maximum Gasteiger partial charge on any atom is 0.490 e. The van der Waals surface area contributed by atoms with Gasteiger partial charge in [0, 0.05) is 18.0 Å². The first-order valence-electron chi connectivity index (χ1n) is 7.61. The molecule has 0 aliphatic heterocycles. The molecule has 3 rings (SSSR count). The van der Waals surface area contributed by atoms with E-state index >= 15 is 0 Å². The minimum atomic E-state index is -5.67. The third kappa shape index (κ3) is 4.39. The maximum absolute atomic E-state index is 11.9. The van der Waals surface area contributed by atoms with Crippen LogP contribution in [-0.2, 0) is 26.8 Å². The van der Waals surface area contributed by atoms with Crippen LogP contribution in [0, 0.1) is 11.8 Å². The van der Waals surface area contributed by atoms with Gasteiger partial charge in [0.1, 0.15) is 17.5 Å². The Hall–Kier alpha value is -0.990. The van der Waals surface area contributed by atoms with Crippen LogP contribution < -0.4 is 11.4 Å². The first-order chi connectivity index (χ1) is 13.1. The molecule has 0 amide bonds. The Morgan fingerprint density at radius 2 is 1.79 bits per heavy atom. The van der Waals surface area contributed by atoms with Gasteiger partial charge in [-0.3, -0.25) is 9.09 Å². The molecule has 1 heterocycles. The highest BCUT2D eigenvalue weighted by molar-refractivity contribution is 7.66. The molecule has 0 saturated heterocycles. The van der Waals surface area contributed by atoms with Gasteiger partial charge in [-0.25, -0.2) is 18.5 Å². The van der Waals surface area contributed by atoms with Gasteiger partial charge in [-0.05, 0) is 6.07 Å². The Labute approximate surface area is 161 Å². The Balaban J connectivity index is 1.65. The summed E-state index contributed by atoms with van der Waals surface area (Å²) >= 11 is 0. The molecular weight excluding hydrogens is 463 g/mol. The van der Waals surface area contributed by atoms with Crippen molar-refractivity contribution in [1.29, 1.82) is 0 Å². The van der Waals surface area contributed by atoms with Crippen LogP contribution in [0.1, 0.15) is 6.04 Å². The molecule has 2 fully saturated rings.